The molecule has 0 aliphatic rings. The summed E-state index contributed by atoms with van der Waals surface area (Å²) in [6.45, 7) is 0. The molecule has 0 spiro atoms. The van der Waals surface area contributed by atoms with E-state index in [9.17, 15) is 8.78 Å². The van der Waals surface area contributed by atoms with Crippen LogP contribution in [0.1, 0.15) is 5.56 Å². The monoisotopic (exact) mass is 244 g/mol. The molecule has 0 amide bonds. The number of hydrogen-bond acceptors (Lipinski definition) is 1. The van der Waals surface area contributed by atoms with Crippen LogP contribution in [-0.4, -0.2) is 0 Å². The van der Waals surface area contributed by atoms with Gasteiger partial charge in [0.1, 0.15) is 0 Å². The van der Waals surface area contributed by atoms with E-state index in [-0.39, 0.29) is 11.5 Å². The summed E-state index contributed by atoms with van der Waals surface area (Å²) in [5, 5.41) is 0. The van der Waals surface area contributed by atoms with Crippen LogP contribution in [0.4, 0.5) is 8.78 Å². The van der Waals surface area contributed by atoms with E-state index in [2.05, 4.69) is 5.92 Å². The summed E-state index contributed by atoms with van der Waals surface area (Å²) in [5.74, 6) is 1.30. The van der Waals surface area contributed by atoms with E-state index in [1.807, 2.05) is 0 Å². The second kappa shape index (κ2) is 5.33. The first-order valence-electron chi connectivity index (χ1n) is 5.35. The smallest absolute Gasteiger partial charge is 0.165 e. The molecule has 0 atom stereocenters. The fourth-order valence-corrected chi connectivity index (χ4v) is 1.50. The standard InChI is InChI=1S/C15H10F2O/c1-2-5-11-8-9-13(17)15(10-11)18-14-7-4-3-6-12(14)16/h1,3-4,6-10H,5H2. The molecule has 0 bridgehead atoms. The lowest BCUT2D eigenvalue weighted by molar-refractivity contribution is 0.414. The Morgan fingerprint density at radius 2 is 1.72 bits per heavy atom. The van der Waals surface area contributed by atoms with Gasteiger partial charge in [-0.15, -0.1) is 12.3 Å². The van der Waals surface area contributed by atoms with Crippen LogP contribution in [-0.2, 0) is 6.42 Å². The predicted octanol–water partition coefficient (Wildman–Crippen LogP) is 3.93. The summed E-state index contributed by atoms with van der Waals surface area (Å²) in [6, 6.07) is 10.1. The molecule has 0 radical (unpaired) electrons. The van der Waals surface area contributed by atoms with Crippen LogP contribution >= 0.6 is 0 Å². The second-order valence-electron chi connectivity index (χ2n) is 3.68. The van der Waals surface area contributed by atoms with Gasteiger partial charge in [-0.1, -0.05) is 18.2 Å². The van der Waals surface area contributed by atoms with E-state index in [1.165, 1.54) is 30.3 Å². The first-order chi connectivity index (χ1) is 8.70. The van der Waals surface area contributed by atoms with Crippen LogP contribution in [0, 0.1) is 24.0 Å². The number of halogens is 2. The van der Waals surface area contributed by atoms with Crippen LogP contribution in [0.3, 0.4) is 0 Å². The van der Waals surface area contributed by atoms with Crippen LogP contribution < -0.4 is 4.74 Å². The van der Waals surface area contributed by atoms with Gasteiger partial charge in [0.05, 0.1) is 0 Å². The highest BCUT2D eigenvalue weighted by molar-refractivity contribution is 5.36. The maximum atomic E-state index is 13.5. The molecule has 2 rings (SSSR count). The third-order valence-corrected chi connectivity index (χ3v) is 2.36. The van der Waals surface area contributed by atoms with E-state index in [0.29, 0.717) is 6.42 Å². The molecule has 3 heteroatoms. The van der Waals surface area contributed by atoms with Crippen LogP contribution in [0.15, 0.2) is 42.5 Å². The molecule has 0 saturated heterocycles. The first-order valence-corrected chi connectivity index (χ1v) is 5.35. The second-order valence-corrected chi connectivity index (χ2v) is 3.68. The average molecular weight is 244 g/mol. The molecule has 0 aliphatic carbocycles. The summed E-state index contributed by atoms with van der Waals surface area (Å²) >= 11 is 0. The zero-order valence-electron chi connectivity index (χ0n) is 9.49. The van der Waals surface area contributed by atoms with Gasteiger partial charge in [-0.05, 0) is 29.8 Å². The average Bonchev–Trinajstić information content (AvgIpc) is 2.36. The van der Waals surface area contributed by atoms with E-state index < -0.39 is 11.6 Å². The van der Waals surface area contributed by atoms with Crippen molar-refractivity contribution in [1.82, 2.24) is 0 Å². The molecule has 2 aromatic rings. The fourth-order valence-electron chi connectivity index (χ4n) is 1.50. The number of ether oxygens (including phenoxy) is 1. The normalized spacial score (nSPS) is 9.83. The lowest BCUT2D eigenvalue weighted by atomic mass is 10.1. The maximum absolute atomic E-state index is 13.5. The van der Waals surface area contributed by atoms with Crippen LogP contribution in [0.2, 0.25) is 0 Å². The van der Waals surface area contributed by atoms with Gasteiger partial charge < -0.3 is 4.74 Å². The van der Waals surface area contributed by atoms with Gasteiger partial charge >= 0.3 is 0 Å². The number of benzene rings is 2. The summed E-state index contributed by atoms with van der Waals surface area (Å²) in [7, 11) is 0. The fraction of sp³-hybridized carbons (Fsp3) is 0.0667. The SMILES string of the molecule is C#CCc1ccc(F)c(Oc2ccccc2F)c1. The zero-order valence-corrected chi connectivity index (χ0v) is 9.49. The van der Waals surface area contributed by atoms with Gasteiger partial charge in [0, 0.05) is 6.42 Å². The number of rotatable bonds is 3. The Morgan fingerprint density at radius 1 is 1.00 bits per heavy atom. The molecule has 0 heterocycles. The Hall–Kier alpha value is -2.34. The third-order valence-electron chi connectivity index (χ3n) is 2.36. The van der Waals surface area contributed by atoms with E-state index in [1.54, 1.807) is 12.1 Å². The lowest BCUT2D eigenvalue weighted by Gasteiger charge is -2.08. The van der Waals surface area contributed by atoms with Crippen molar-refractivity contribution in [3.8, 4) is 23.8 Å². The number of para-hydroxylation sites is 1. The van der Waals surface area contributed by atoms with Gasteiger partial charge in [0.25, 0.3) is 0 Å². The largest absolute Gasteiger partial charge is 0.451 e. The Labute approximate surface area is 104 Å². The van der Waals surface area contributed by atoms with Gasteiger partial charge in [0.15, 0.2) is 23.1 Å². The van der Waals surface area contributed by atoms with Crippen molar-refractivity contribution in [1.29, 1.82) is 0 Å². The van der Waals surface area contributed by atoms with Gasteiger partial charge in [-0.2, -0.15) is 0 Å². The van der Waals surface area contributed by atoms with E-state index in [0.717, 1.165) is 5.56 Å². The topological polar surface area (TPSA) is 9.23 Å². The molecular formula is C15H10F2O. The van der Waals surface area contributed by atoms with Gasteiger partial charge in [0.2, 0.25) is 0 Å². The molecular weight excluding hydrogens is 234 g/mol. The highest BCUT2D eigenvalue weighted by Gasteiger charge is 2.08. The molecule has 0 N–H and O–H groups in total. The van der Waals surface area contributed by atoms with Crippen LogP contribution in [0.5, 0.6) is 11.5 Å². The molecule has 0 saturated carbocycles. The minimum atomic E-state index is -0.556. The minimum absolute atomic E-state index is 0.0192. The molecule has 0 fully saturated rings. The molecule has 18 heavy (non-hydrogen) atoms. The zero-order chi connectivity index (χ0) is 13.0. The number of terminal acetylenes is 1. The van der Waals surface area contributed by atoms with Crippen molar-refractivity contribution < 1.29 is 13.5 Å². The predicted molar refractivity (Wildman–Crippen MR) is 65.4 cm³/mol. The molecule has 2 aromatic carbocycles. The maximum Gasteiger partial charge on any atom is 0.165 e. The Balaban J connectivity index is 2.31. The van der Waals surface area contributed by atoms with E-state index >= 15 is 0 Å². The van der Waals surface area contributed by atoms with Gasteiger partial charge in [-0.25, -0.2) is 8.78 Å². The summed E-state index contributed by atoms with van der Waals surface area (Å²) in [4.78, 5) is 0. The third kappa shape index (κ3) is 2.67. The highest BCUT2D eigenvalue weighted by Crippen LogP contribution is 2.27. The molecule has 90 valence electrons. The summed E-state index contributed by atoms with van der Waals surface area (Å²) in [5.41, 5.74) is 0.741. The minimum Gasteiger partial charge on any atom is -0.451 e. The summed E-state index contributed by atoms with van der Waals surface area (Å²) in [6.07, 6.45) is 5.55. The Bertz CT molecular complexity index is 600. The molecule has 1 nitrogen and oxygen atoms in total. The van der Waals surface area contributed by atoms with Crippen molar-refractivity contribution in [2.24, 2.45) is 0 Å². The molecule has 0 aromatic heterocycles. The molecule has 0 unspecified atom stereocenters. The van der Waals surface area contributed by atoms with Crippen LogP contribution in [0.25, 0.3) is 0 Å². The Kier molecular flexibility index (Phi) is 3.59. The van der Waals surface area contributed by atoms with Crippen molar-refractivity contribution in [2.45, 2.75) is 6.42 Å². The highest BCUT2D eigenvalue weighted by atomic mass is 19.1. The molecule has 0 aliphatic heterocycles. The van der Waals surface area contributed by atoms with Crippen molar-refractivity contribution >= 4 is 0 Å². The Morgan fingerprint density at radius 3 is 2.44 bits per heavy atom. The van der Waals surface area contributed by atoms with E-state index in [4.69, 9.17) is 11.2 Å². The van der Waals surface area contributed by atoms with Crippen molar-refractivity contribution in [3.63, 3.8) is 0 Å². The quantitative estimate of drug-likeness (QED) is 0.743. The lowest BCUT2D eigenvalue weighted by Crippen LogP contribution is -1.93. The van der Waals surface area contributed by atoms with Crippen molar-refractivity contribution in [2.75, 3.05) is 0 Å². The van der Waals surface area contributed by atoms with Gasteiger partial charge in [-0.3, -0.25) is 0 Å². The number of hydrogen-bond donors (Lipinski definition) is 0. The first kappa shape index (κ1) is 12.1. The van der Waals surface area contributed by atoms with Crippen molar-refractivity contribution in [3.05, 3.63) is 59.7 Å². The summed E-state index contributed by atoms with van der Waals surface area (Å²) < 4.78 is 32.1.